The summed E-state index contributed by atoms with van der Waals surface area (Å²) in [6.07, 6.45) is 3.38. The molecule has 0 radical (unpaired) electrons. The van der Waals surface area contributed by atoms with Crippen molar-refractivity contribution in [1.82, 2.24) is 0 Å². The van der Waals surface area contributed by atoms with Gasteiger partial charge in [-0.3, -0.25) is 4.79 Å². The van der Waals surface area contributed by atoms with Crippen LogP contribution in [-0.4, -0.2) is 44.7 Å². The fourth-order valence-corrected chi connectivity index (χ4v) is 3.10. The molecule has 25 heavy (non-hydrogen) atoms. The Morgan fingerprint density at radius 2 is 2.12 bits per heavy atom. The van der Waals surface area contributed by atoms with E-state index in [2.05, 4.69) is 0 Å². The van der Waals surface area contributed by atoms with Gasteiger partial charge in [0.1, 0.15) is 0 Å². The van der Waals surface area contributed by atoms with Crippen LogP contribution in [0.5, 0.6) is 0 Å². The van der Waals surface area contributed by atoms with Gasteiger partial charge in [0.05, 0.1) is 18.3 Å². The number of hydrogen-bond donors (Lipinski definition) is 4. The molecule has 0 spiro atoms. The Hall–Kier alpha value is -1.17. The Bertz CT molecular complexity index is 545. The van der Waals surface area contributed by atoms with Crippen LogP contribution in [0.1, 0.15) is 70.1 Å². The lowest BCUT2D eigenvalue weighted by Gasteiger charge is -2.21. The minimum absolute atomic E-state index is 0.106. The third-order valence-corrected chi connectivity index (χ3v) is 4.46. The number of rotatable bonds is 12. The molecule has 0 aromatic rings. The highest BCUT2D eigenvalue weighted by molar-refractivity contribution is 5.66. The van der Waals surface area contributed by atoms with Gasteiger partial charge in [0.25, 0.3) is 0 Å². The second-order valence-corrected chi connectivity index (χ2v) is 6.46. The van der Waals surface area contributed by atoms with Gasteiger partial charge in [0, 0.05) is 24.2 Å². The first kappa shape index (κ1) is 16.0. The first-order valence-corrected chi connectivity index (χ1v) is 8.82. The van der Waals surface area contributed by atoms with Crippen molar-refractivity contribution in [2.45, 2.75) is 82.9 Å². The minimum atomic E-state index is -1.04. The molecule has 0 aliphatic heterocycles. The zero-order chi connectivity index (χ0) is 22.0. The quantitative estimate of drug-likeness (QED) is 0.317. The molecule has 0 bridgehead atoms. The zero-order valence-electron chi connectivity index (χ0n) is 18.6. The van der Waals surface area contributed by atoms with Crippen LogP contribution in [0.4, 0.5) is 0 Å². The van der Waals surface area contributed by atoms with Crippen LogP contribution in [0.3, 0.4) is 0 Å². The van der Waals surface area contributed by atoms with Gasteiger partial charge in [-0.1, -0.05) is 50.4 Å². The van der Waals surface area contributed by atoms with E-state index in [-0.39, 0.29) is 26.2 Å². The lowest BCUT2D eigenvalue weighted by Crippen LogP contribution is -2.21. The van der Waals surface area contributed by atoms with E-state index in [1.807, 2.05) is 6.08 Å². The summed E-state index contributed by atoms with van der Waals surface area (Å²) in [6, 6.07) is 0. The lowest BCUT2D eigenvalue weighted by atomic mass is 9.88. The number of carboxylic acids is 1. The van der Waals surface area contributed by atoms with Crippen LogP contribution >= 0.6 is 0 Å². The molecule has 1 aliphatic rings. The Morgan fingerprint density at radius 3 is 2.84 bits per heavy atom. The number of hydrogen-bond acceptors (Lipinski definition) is 4. The molecule has 0 aromatic carbocycles. The number of unbranched alkanes of at least 4 members (excludes halogenated alkanes) is 1. The SMILES string of the molecule is [2H]CC([2H])C([2H])C([2H])C[C@@H]1[C@H](/C=C/[C@@H](O)C/C=C\CCCC(=O)O)[C@@H](O)C[C@H]1O. The summed E-state index contributed by atoms with van der Waals surface area (Å²) in [7, 11) is 0. The van der Waals surface area contributed by atoms with E-state index in [4.69, 9.17) is 10.6 Å². The maximum Gasteiger partial charge on any atom is 0.303 e. The summed E-state index contributed by atoms with van der Waals surface area (Å²) in [5.41, 5.74) is 0. The summed E-state index contributed by atoms with van der Waals surface area (Å²) in [5.74, 6) is -1.72. The molecule has 3 unspecified atom stereocenters. The normalized spacial score (nSPS) is 34.2. The van der Waals surface area contributed by atoms with Crippen molar-refractivity contribution < 1.29 is 30.7 Å². The van der Waals surface area contributed by atoms with E-state index in [1.165, 1.54) is 0 Å². The number of carbonyl (C=O) groups is 1. The van der Waals surface area contributed by atoms with Crippen LogP contribution in [-0.2, 0) is 4.79 Å². The summed E-state index contributed by atoms with van der Waals surface area (Å²) in [4.78, 5) is 10.4. The standard InChI is InChI=1S/C20H34O5/c1-2-3-6-10-16-17(19(23)14-18(16)22)13-12-15(21)9-7-4-5-8-11-20(24)25/h4,7,12-13,15-19,21-23H,2-3,5-6,8-11,14H2,1H3,(H,24,25)/b7-4-,13-12+/t15-,16+,17-,18+,19-/m0/s1/i1D,2D,3D,6D/t2?,3?,6?,15-,16+,17-,18+,19-. The Labute approximate surface area is 156 Å². The van der Waals surface area contributed by atoms with Crippen LogP contribution in [0.2, 0.25) is 0 Å². The zero-order valence-corrected chi connectivity index (χ0v) is 14.6. The van der Waals surface area contributed by atoms with Crippen molar-refractivity contribution in [1.29, 1.82) is 0 Å². The molecule has 1 aliphatic carbocycles. The molecular weight excluding hydrogens is 320 g/mol. The molecule has 5 heteroatoms. The number of carboxylic acid groups (broad SMARTS) is 1. The van der Waals surface area contributed by atoms with E-state index in [9.17, 15) is 20.1 Å². The van der Waals surface area contributed by atoms with E-state index < -0.39 is 55.3 Å². The Kier molecular flexibility index (Phi) is 7.84. The second kappa shape index (κ2) is 12.2. The van der Waals surface area contributed by atoms with Gasteiger partial charge in [0.15, 0.2) is 0 Å². The summed E-state index contributed by atoms with van der Waals surface area (Å²) < 4.78 is 30.9. The highest BCUT2D eigenvalue weighted by Gasteiger charge is 2.39. The van der Waals surface area contributed by atoms with Crippen LogP contribution in [0.25, 0.3) is 0 Å². The highest BCUT2D eigenvalue weighted by atomic mass is 16.4. The lowest BCUT2D eigenvalue weighted by molar-refractivity contribution is -0.137. The van der Waals surface area contributed by atoms with Crippen LogP contribution in [0.15, 0.2) is 24.3 Å². The molecule has 8 atom stereocenters. The van der Waals surface area contributed by atoms with Gasteiger partial charge < -0.3 is 20.4 Å². The third kappa shape index (κ3) is 8.66. The average Bonchev–Trinajstić information content (AvgIpc) is 2.93. The molecular formula is C20H34O5. The van der Waals surface area contributed by atoms with Crippen LogP contribution in [0, 0.1) is 11.8 Å². The molecule has 0 saturated heterocycles. The van der Waals surface area contributed by atoms with Crippen molar-refractivity contribution in [3.63, 3.8) is 0 Å². The number of aliphatic hydroxyl groups excluding tert-OH is 3. The predicted molar refractivity (Wildman–Crippen MR) is 98.1 cm³/mol. The van der Waals surface area contributed by atoms with Crippen molar-refractivity contribution >= 4 is 5.97 Å². The summed E-state index contributed by atoms with van der Waals surface area (Å²) >= 11 is 0. The van der Waals surface area contributed by atoms with E-state index in [1.54, 1.807) is 18.2 Å². The maximum absolute atomic E-state index is 10.4. The number of allylic oxidation sites excluding steroid dienone is 1. The van der Waals surface area contributed by atoms with Gasteiger partial charge in [-0.2, -0.15) is 0 Å². The molecule has 0 amide bonds. The minimum Gasteiger partial charge on any atom is -0.481 e. The Morgan fingerprint density at radius 1 is 1.32 bits per heavy atom. The second-order valence-electron chi connectivity index (χ2n) is 6.46. The smallest absolute Gasteiger partial charge is 0.303 e. The van der Waals surface area contributed by atoms with Crippen molar-refractivity contribution in [2.75, 3.05) is 0 Å². The summed E-state index contributed by atoms with van der Waals surface area (Å²) in [5, 5.41) is 39.1. The fraction of sp³-hybridized carbons (Fsp3) is 0.750. The van der Waals surface area contributed by atoms with Gasteiger partial charge >= 0.3 is 5.97 Å². The van der Waals surface area contributed by atoms with Crippen LogP contribution < -0.4 is 0 Å². The molecule has 5 nitrogen and oxygen atoms in total. The molecule has 1 rings (SSSR count). The molecule has 1 saturated carbocycles. The molecule has 0 aromatic heterocycles. The number of aliphatic hydroxyl groups is 3. The highest BCUT2D eigenvalue weighted by Crippen LogP contribution is 2.37. The largest absolute Gasteiger partial charge is 0.481 e. The number of aliphatic carboxylic acids is 1. The molecule has 1 fully saturated rings. The van der Waals surface area contributed by atoms with Crippen molar-refractivity contribution in [2.24, 2.45) is 11.8 Å². The average molecular weight is 359 g/mol. The third-order valence-electron chi connectivity index (χ3n) is 4.46. The van der Waals surface area contributed by atoms with Gasteiger partial charge in [-0.05, 0) is 31.6 Å². The predicted octanol–water partition coefficient (Wildman–Crippen LogP) is 3.04. The monoisotopic (exact) mass is 358 g/mol. The fourth-order valence-electron chi connectivity index (χ4n) is 3.10. The van der Waals surface area contributed by atoms with Gasteiger partial charge in [-0.25, -0.2) is 0 Å². The van der Waals surface area contributed by atoms with Gasteiger partial charge in [-0.15, -0.1) is 0 Å². The molecule has 144 valence electrons. The first-order chi connectivity index (χ1) is 13.7. The summed E-state index contributed by atoms with van der Waals surface area (Å²) in [6.45, 7) is -0.251. The topological polar surface area (TPSA) is 98.0 Å². The van der Waals surface area contributed by atoms with E-state index in [0.717, 1.165) is 0 Å². The van der Waals surface area contributed by atoms with E-state index in [0.29, 0.717) is 19.3 Å². The van der Waals surface area contributed by atoms with E-state index >= 15 is 0 Å². The molecule has 0 heterocycles. The van der Waals surface area contributed by atoms with Gasteiger partial charge in [0.2, 0.25) is 0 Å². The molecule has 4 N–H and O–H groups in total. The van der Waals surface area contributed by atoms with Crippen molar-refractivity contribution in [3.05, 3.63) is 24.3 Å². The van der Waals surface area contributed by atoms with Crippen molar-refractivity contribution in [3.8, 4) is 0 Å². The first-order valence-electron chi connectivity index (χ1n) is 11.3. The maximum atomic E-state index is 10.4. The Balaban J connectivity index is 2.57.